The molecule has 0 atom stereocenters. The highest BCUT2D eigenvalue weighted by Gasteiger charge is 2.52. The van der Waals surface area contributed by atoms with Crippen LogP contribution >= 0.6 is 0 Å². The number of aromatic nitrogens is 3. The Morgan fingerprint density at radius 3 is 1.56 bits per heavy atom. The first-order valence-electron chi connectivity index (χ1n) is 22.6. The zero-order valence-corrected chi connectivity index (χ0v) is 35.7. The summed E-state index contributed by atoms with van der Waals surface area (Å²) in [6, 6.07) is 83.4. The van der Waals surface area contributed by atoms with Crippen molar-refractivity contribution < 1.29 is 0 Å². The Balaban J connectivity index is 1.08. The van der Waals surface area contributed by atoms with Crippen LogP contribution in [0.4, 0.5) is 17.1 Å². The highest BCUT2D eigenvalue weighted by Crippen LogP contribution is 2.64. The third-order valence-corrected chi connectivity index (χ3v) is 14.0. The van der Waals surface area contributed by atoms with E-state index in [1.807, 2.05) is 6.07 Å². The lowest BCUT2D eigenvalue weighted by atomic mass is 9.64. The highest BCUT2D eigenvalue weighted by molar-refractivity contribution is 6.14. The molecular weight excluding hydrogens is 801 g/mol. The van der Waals surface area contributed by atoms with Gasteiger partial charge < -0.3 is 4.90 Å². The molecule has 1 spiro atoms. The van der Waals surface area contributed by atoms with Gasteiger partial charge in [-0.1, -0.05) is 170 Å². The van der Waals surface area contributed by atoms with Crippen molar-refractivity contribution >= 4 is 60.5 Å². The van der Waals surface area contributed by atoms with Crippen molar-refractivity contribution in [3.63, 3.8) is 0 Å². The van der Waals surface area contributed by atoms with E-state index >= 15 is 0 Å². The summed E-state index contributed by atoms with van der Waals surface area (Å²) in [5.74, 6) is 0. The van der Waals surface area contributed by atoms with Gasteiger partial charge in [0.05, 0.1) is 50.4 Å². The Kier molecular flexibility index (Phi) is 7.87. The third kappa shape index (κ3) is 5.24. The minimum absolute atomic E-state index is 0.680. The molecule has 0 unspecified atom stereocenters. The van der Waals surface area contributed by atoms with Gasteiger partial charge >= 0.3 is 0 Å². The van der Waals surface area contributed by atoms with Crippen LogP contribution in [-0.4, -0.2) is 15.0 Å². The van der Waals surface area contributed by atoms with Crippen molar-refractivity contribution in [1.82, 2.24) is 15.0 Å². The molecule has 0 saturated heterocycles. The number of hydrogen-bond acceptors (Lipinski definition) is 4. The largest absolute Gasteiger partial charge is 0.310 e. The maximum atomic E-state index is 5.50. The molecule has 1 aliphatic carbocycles. The van der Waals surface area contributed by atoms with E-state index in [4.69, 9.17) is 15.0 Å². The lowest BCUT2D eigenvalue weighted by molar-refractivity contribution is 0.754. The van der Waals surface area contributed by atoms with Crippen LogP contribution in [-0.2, 0) is 5.41 Å². The summed E-state index contributed by atoms with van der Waals surface area (Å²) in [6.07, 6.45) is 0. The van der Waals surface area contributed by atoms with Crippen molar-refractivity contribution in [2.75, 3.05) is 4.90 Å². The van der Waals surface area contributed by atoms with Gasteiger partial charge in [0.15, 0.2) is 0 Å². The second kappa shape index (κ2) is 14.1. The summed E-state index contributed by atoms with van der Waals surface area (Å²) in [5, 5.41) is 5.60. The topological polar surface area (TPSA) is 41.9 Å². The molecule has 12 aromatic rings. The molecule has 14 rings (SSSR count). The number of benzene rings is 9. The van der Waals surface area contributed by atoms with E-state index < -0.39 is 5.41 Å². The lowest BCUT2D eigenvalue weighted by Crippen LogP contribution is -2.36. The fourth-order valence-corrected chi connectivity index (χ4v) is 11.1. The molecule has 0 radical (unpaired) electrons. The SMILES string of the molecule is c1ccc(-c2ccc3ccc4ccc(-c5ccc6c(c5)C5(c7cc8c(cc7-6)c(-c6ccccc6)nc6ccccc68)c6ccccc6N(c6ccccc6)c6ccccc65)nc4c3n2)cc1. The molecule has 66 heavy (non-hydrogen) atoms. The number of rotatable bonds is 4. The smallest absolute Gasteiger partial charge is 0.0972 e. The average Bonchev–Trinajstić information content (AvgIpc) is 3.67. The number of anilines is 3. The lowest BCUT2D eigenvalue weighted by Gasteiger charge is -2.45. The Morgan fingerprint density at radius 1 is 0.333 bits per heavy atom. The van der Waals surface area contributed by atoms with Crippen LogP contribution in [0.5, 0.6) is 0 Å². The van der Waals surface area contributed by atoms with Crippen molar-refractivity contribution in [3.05, 3.63) is 253 Å². The second-order valence-electron chi connectivity index (χ2n) is 17.5. The van der Waals surface area contributed by atoms with Crippen molar-refractivity contribution in [2.45, 2.75) is 5.41 Å². The summed E-state index contributed by atoms with van der Waals surface area (Å²) in [6.45, 7) is 0. The number of pyridine rings is 3. The molecule has 4 heteroatoms. The van der Waals surface area contributed by atoms with Crippen LogP contribution < -0.4 is 4.90 Å². The maximum Gasteiger partial charge on any atom is 0.0972 e. The van der Waals surface area contributed by atoms with E-state index in [9.17, 15) is 0 Å². The summed E-state index contributed by atoms with van der Waals surface area (Å²) in [4.78, 5) is 18.6. The predicted molar refractivity (Wildman–Crippen MR) is 272 cm³/mol. The molecule has 1 aliphatic heterocycles. The van der Waals surface area contributed by atoms with Crippen LogP contribution in [0, 0.1) is 0 Å². The Hall–Kier alpha value is -8.73. The summed E-state index contributed by atoms with van der Waals surface area (Å²) < 4.78 is 0. The molecule has 9 aromatic carbocycles. The molecule has 306 valence electrons. The Labute approximate surface area is 381 Å². The Bertz CT molecular complexity index is 3890. The standard InChI is InChI=1S/C62H38N4/c1-4-16-39(17-5-1)54-34-31-41-28-29-42-32-35-55(64-61(42)60(41)63-54)43-30-33-45-48-37-49-47(46-22-10-13-25-56(46)65-59(49)40-18-6-2-7-19-40)38-53(48)62(52(45)36-43)50-23-11-14-26-57(50)66(44-20-8-3-9-21-44)58-27-15-12-24-51(58)62/h1-38H. The molecule has 0 N–H and O–H groups in total. The summed E-state index contributed by atoms with van der Waals surface area (Å²) in [7, 11) is 0. The number of fused-ring (bicyclic) bond motifs is 15. The molecule has 2 aliphatic rings. The predicted octanol–water partition coefficient (Wildman–Crippen LogP) is 15.6. The van der Waals surface area contributed by atoms with E-state index in [-0.39, 0.29) is 0 Å². The minimum atomic E-state index is -0.680. The van der Waals surface area contributed by atoms with E-state index in [1.165, 1.54) is 38.8 Å². The van der Waals surface area contributed by atoms with Gasteiger partial charge in [0.1, 0.15) is 0 Å². The number of para-hydroxylation sites is 4. The molecule has 0 bridgehead atoms. The minimum Gasteiger partial charge on any atom is -0.310 e. The number of nitrogens with zero attached hydrogens (tertiary/aromatic N) is 4. The van der Waals surface area contributed by atoms with Gasteiger partial charge in [-0.05, 0) is 99.4 Å². The first-order valence-corrected chi connectivity index (χ1v) is 22.6. The van der Waals surface area contributed by atoms with Crippen LogP contribution in [0.15, 0.2) is 231 Å². The van der Waals surface area contributed by atoms with E-state index in [1.54, 1.807) is 0 Å². The van der Waals surface area contributed by atoms with Gasteiger partial charge in [-0.25, -0.2) is 15.0 Å². The zero-order chi connectivity index (χ0) is 43.3. The molecule has 0 fully saturated rings. The van der Waals surface area contributed by atoms with Gasteiger partial charge in [-0.2, -0.15) is 0 Å². The fraction of sp³-hybridized carbons (Fsp3) is 0.0161. The van der Waals surface area contributed by atoms with Crippen LogP contribution in [0.25, 0.3) is 88.4 Å². The van der Waals surface area contributed by atoms with Crippen molar-refractivity contribution in [3.8, 4) is 44.9 Å². The van der Waals surface area contributed by atoms with Crippen molar-refractivity contribution in [2.24, 2.45) is 0 Å². The monoisotopic (exact) mass is 838 g/mol. The highest BCUT2D eigenvalue weighted by atomic mass is 15.2. The maximum absolute atomic E-state index is 5.50. The van der Waals surface area contributed by atoms with Gasteiger partial charge in [0, 0.05) is 43.9 Å². The molecule has 3 aromatic heterocycles. The third-order valence-electron chi connectivity index (χ3n) is 14.0. The van der Waals surface area contributed by atoms with E-state index in [0.717, 1.165) is 88.9 Å². The van der Waals surface area contributed by atoms with Crippen LogP contribution in [0.1, 0.15) is 22.3 Å². The van der Waals surface area contributed by atoms with Gasteiger partial charge in [0.25, 0.3) is 0 Å². The van der Waals surface area contributed by atoms with E-state index in [0.29, 0.717) is 0 Å². The quantitative estimate of drug-likeness (QED) is 0.166. The molecule has 0 saturated carbocycles. The molecular formula is C62H38N4. The average molecular weight is 839 g/mol. The second-order valence-corrected chi connectivity index (χ2v) is 17.5. The van der Waals surface area contributed by atoms with Gasteiger partial charge in [0.2, 0.25) is 0 Å². The first kappa shape index (κ1) is 36.7. The van der Waals surface area contributed by atoms with Gasteiger partial charge in [-0.15, -0.1) is 0 Å². The molecule has 4 nitrogen and oxygen atoms in total. The summed E-state index contributed by atoms with van der Waals surface area (Å²) in [5.41, 5.74) is 19.0. The van der Waals surface area contributed by atoms with E-state index in [2.05, 4.69) is 229 Å². The van der Waals surface area contributed by atoms with Crippen LogP contribution in [0.3, 0.4) is 0 Å². The number of hydrogen-bond donors (Lipinski definition) is 0. The molecule has 4 heterocycles. The fourth-order valence-electron chi connectivity index (χ4n) is 11.1. The zero-order valence-electron chi connectivity index (χ0n) is 35.7. The van der Waals surface area contributed by atoms with Crippen LogP contribution in [0.2, 0.25) is 0 Å². The summed E-state index contributed by atoms with van der Waals surface area (Å²) >= 11 is 0. The van der Waals surface area contributed by atoms with Gasteiger partial charge in [-0.3, -0.25) is 0 Å². The van der Waals surface area contributed by atoms with Crippen molar-refractivity contribution in [1.29, 1.82) is 0 Å². The normalized spacial score (nSPS) is 13.2. The Morgan fingerprint density at radius 2 is 0.879 bits per heavy atom. The first-order chi connectivity index (χ1) is 32.7. The molecule has 0 amide bonds.